The molecule has 0 aliphatic heterocycles. The van der Waals surface area contributed by atoms with Crippen LogP contribution in [-0.2, 0) is 4.43 Å². The SMILES string of the molecule is C=C(O[Si](C)(C)C)n1cccc1. The molecule has 0 aliphatic carbocycles. The maximum Gasteiger partial charge on any atom is 0.244 e. The lowest BCUT2D eigenvalue weighted by Gasteiger charge is -2.21. The van der Waals surface area contributed by atoms with Crippen molar-refractivity contribution in [2.75, 3.05) is 0 Å². The van der Waals surface area contributed by atoms with Crippen molar-refractivity contribution < 1.29 is 4.43 Å². The lowest BCUT2D eigenvalue weighted by atomic mass is 10.7. The van der Waals surface area contributed by atoms with Crippen LogP contribution >= 0.6 is 0 Å². The molecule has 0 aromatic carbocycles. The van der Waals surface area contributed by atoms with Crippen LogP contribution in [0.2, 0.25) is 19.6 Å². The van der Waals surface area contributed by atoms with Crippen molar-refractivity contribution in [3.8, 4) is 0 Å². The van der Waals surface area contributed by atoms with Gasteiger partial charge in [0, 0.05) is 12.4 Å². The minimum atomic E-state index is -1.50. The van der Waals surface area contributed by atoms with Gasteiger partial charge in [-0.1, -0.05) is 0 Å². The summed E-state index contributed by atoms with van der Waals surface area (Å²) in [5.74, 6) is 0.721. The van der Waals surface area contributed by atoms with E-state index in [4.69, 9.17) is 4.43 Å². The minimum absolute atomic E-state index is 0.721. The Morgan fingerprint density at radius 3 is 2.17 bits per heavy atom. The fourth-order valence-corrected chi connectivity index (χ4v) is 1.72. The lowest BCUT2D eigenvalue weighted by Crippen LogP contribution is -2.25. The normalized spacial score (nSPS) is 11.2. The van der Waals surface area contributed by atoms with Gasteiger partial charge in [0.05, 0.1) is 0 Å². The van der Waals surface area contributed by atoms with E-state index in [0.29, 0.717) is 0 Å². The molecule has 2 nitrogen and oxygen atoms in total. The van der Waals surface area contributed by atoms with Crippen LogP contribution in [0.3, 0.4) is 0 Å². The molecule has 0 spiro atoms. The number of hydrogen-bond acceptors (Lipinski definition) is 1. The first-order valence-corrected chi connectivity index (χ1v) is 7.41. The van der Waals surface area contributed by atoms with Gasteiger partial charge in [-0.05, 0) is 38.4 Å². The highest BCUT2D eigenvalue weighted by Gasteiger charge is 2.16. The van der Waals surface area contributed by atoms with Gasteiger partial charge in [-0.15, -0.1) is 0 Å². The number of aromatic nitrogens is 1. The molecule has 0 radical (unpaired) electrons. The Labute approximate surface area is 74.6 Å². The highest BCUT2D eigenvalue weighted by molar-refractivity contribution is 6.70. The summed E-state index contributed by atoms with van der Waals surface area (Å²) in [5, 5.41) is 0. The van der Waals surface area contributed by atoms with Crippen molar-refractivity contribution in [2.24, 2.45) is 0 Å². The monoisotopic (exact) mass is 181 g/mol. The second-order valence-corrected chi connectivity index (χ2v) is 8.13. The second kappa shape index (κ2) is 3.19. The van der Waals surface area contributed by atoms with Gasteiger partial charge < -0.3 is 4.43 Å². The van der Waals surface area contributed by atoms with E-state index in [1.54, 1.807) is 0 Å². The highest BCUT2D eigenvalue weighted by Crippen LogP contribution is 2.12. The maximum atomic E-state index is 5.69. The predicted octanol–water partition coefficient (Wildman–Crippen LogP) is 2.77. The van der Waals surface area contributed by atoms with Crippen molar-refractivity contribution in [1.29, 1.82) is 0 Å². The molecule has 1 heterocycles. The third kappa shape index (κ3) is 2.58. The molecular weight excluding hydrogens is 166 g/mol. The summed E-state index contributed by atoms with van der Waals surface area (Å²) in [4.78, 5) is 0. The van der Waals surface area contributed by atoms with Gasteiger partial charge in [0.25, 0.3) is 0 Å². The Kier molecular flexibility index (Phi) is 2.42. The fraction of sp³-hybridized carbons (Fsp3) is 0.333. The molecule has 3 heteroatoms. The Hall–Kier alpha value is -0.963. The molecular formula is C9H15NOSi. The molecule has 0 unspecified atom stereocenters. The number of rotatable bonds is 3. The van der Waals surface area contributed by atoms with Crippen LogP contribution in [0.5, 0.6) is 0 Å². The number of nitrogens with zero attached hydrogens (tertiary/aromatic N) is 1. The molecule has 0 fully saturated rings. The van der Waals surface area contributed by atoms with E-state index in [0.717, 1.165) is 5.88 Å². The molecule has 0 saturated heterocycles. The van der Waals surface area contributed by atoms with Gasteiger partial charge in [-0.2, -0.15) is 0 Å². The van der Waals surface area contributed by atoms with Crippen molar-refractivity contribution in [3.05, 3.63) is 31.1 Å². The van der Waals surface area contributed by atoms with Crippen molar-refractivity contribution in [2.45, 2.75) is 19.6 Å². The average molecular weight is 181 g/mol. The first-order valence-electron chi connectivity index (χ1n) is 4.00. The van der Waals surface area contributed by atoms with E-state index >= 15 is 0 Å². The molecule has 0 N–H and O–H groups in total. The van der Waals surface area contributed by atoms with E-state index in [1.807, 2.05) is 29.1 Å². The summed E-state index contributed by atoms with van der Waals surface area (Å²) < 4.78 is 7.58. The zero-order chi connectivity index (χ0) is 9.19. The first-order chi connectivity index (χ1) is 5.49. The fourth-order valence-electron chi connectivity index (χ4n) is 0.907. The van der Waals surface area contributed by atoms with Gasteiger partial charge in [-0.3, -0.25) is 4.57 Å². The van der Waals surface area contributed by atoms with Gasteiger partial charge in [-0.25, -0.2) is 0 Å². The smallest absolute Gasteiger partial charge is 0.244 e. The van der Waals surface area contributed by atoms with Crippen LogP contribution in [0.15, 0.2) is 31.1 Å². The van der Waals surface area contributed by atoms with Crippen LogP contribution in [0, 0.1) is 0 Å². The van der Waals surface area contributed by atoms with Crippen molar-refractivity contribution in [3.63, 3.8) is 0 Å². The number of hydrogen-bond donors (Lipinski definition) is 0. The summed E-state index contributed by atoms with van der Waals surface area (Å²) in [6, 6.07) is 3.91. The van der Waals surface area contributed by atoms with Crippen LogP contribution in [-0.4, -0.2) is 12.9 Å². The minimum Gasteiger partial charge on any atom is -0.533 e. The molecule has 0 saturated carbocycles. The molecule has 0 bridgehead atoms. The molecule has 0 atom stereocenters. The van der Waals surface area contributed by atoms with Gasteiger partial charge in [0.15, 0.2) is 5.88 Å². The Morgan fingerprint density at radius 1 is 1.25 bits per heavy atom. The zero-order valence-corrected chi connectivity index (χ0v) is 8.87. The standard InChI is InChI=1S/C9H15NOSi/c1-9(11-12(2,3)4)10-7-5-6-8-10/h5-8H,1H2,2-4H3. The quantitative estimate of drug-likeness (QED) is 0.516. The summed E-state index contributed by atoms with van der Waals surface area (Å²) >= 11 is 0. The summed E-state index contributed by atoms with van der Waals surface area (Å²) in [6.07, 6.45) is 3.87. The Morgan fingerprint density at radius 2 is 1.75 bits per heavy atom. The molecule has 1 rings (SSSR count). The maximum absolute atomic E-state index is 5.69. The van der Waals surface area contributed by atoms with Gasteiger partial charge >= 0.3 is 0 Å². The van der Waals surface area contributed by atoms with E-state index in [2.05, 4.69) is 26.2 Å². The molecule has 0 amide bonds. The third-order valence-electron chi connectivity index (χ3n) is 1.32. The van der Waals surface area contributed by atoms with Gasteiger partial charge in [0.2, 0.25) is 8.32 Å². The molecule has 1 aromatic rings. The first kappa shape index (κ1) is 9.13. The summed E-state index contributed by atoms with van der Waals surface area (Å²) in [6.45, 7) is 10.3. The van der Waals surface area contributed by atoms with Gasteiger partial charge in [0.1, 0.15) is 0 Å². The topological polar surface area (TPSA) is 14.2 Å². The third-order valence-corrected chi connectivity index (χ3v) is 2.16. The molecule has 0 aliphatic rings. The molecule has 66 valence electrons. The molecule has 1 aromatic heterocycles. The summed E-state index contributed by atoms with van der Waals surface area (Å²) in [7, 11) is -1.50. The Bertz CT molecular complexity index is 259. The van der Waals surface area contributed by atoms with Crippen molar-refractivity contribution in [1.82, 2.24) is 4.57 Å². The lowest BCUT2D eigenvalue weighted by molar-refractivity contribution is 0.480. The summed E-state index contributed by atoms with van der Waals surface area (Å²) in [5.41, 5.74) is 0. The van der Waals surface area contributed by atoms with E-state index < -0.39 is 8.32 Å². The largest absolute Gasteiger partial charge is 0.533 e. The van der Waals surface area contributed by atoms with E-state index in [1.165, 1.54) is 0 Å². The zero-order valence-electron chi connectivity index (χ0n) is 7.87. The predicted molar refractivity (Wildman–Crippen MR) is 54.2 cm³/mol. The van der Waals surface area contributed by atoms with Crippen LogP contribution in [0.25, 0.3) is 5.88 Å². The van der Waals surface area contributed by atoms with Crippen LogP contribution in [0.1, 0.15) is 0 Å². The average Bonchev–Trinajstić information content (AvgIpc) is 2.32. The van der Waals surface area contributed by atoms with E-state index in [9.17, 15) is 0 Å². The van der Waals surface area contributed by atoms with Crippen molar-refractivity contribution >= 4 is 14.2 Å². The van der Waals surface area contributed by atoms with Crippen LogP contribution < -0.4 is 0 Å². The van der Waals surface area contributed by atoms with E-state index in [-0.39, 0.29) is 0 Å². The molecule has 12 heavy (non-hydrogen) atoms. The Balaban J connectivity index is 2.63. The second-order valence-electron chi connectivity index (χ2n) is 3.70. The van der Waals surface area contributed by atoms with Crippen LogP contribution in [0.4, 0.5) is 0 Å². The highest BCUT2D eigenvalue weighted by atomic mass is 28.4.